The Kier molecular flexibility index (Phi) is 5.10. The molecule has 0 aromatic heterocycles. The van der Waals surface area contributed by atoms with Crippen LogP contribution in [0.3, 0.4) is 0 Å². The summed E-state index contributed by atoms with van der Waals surface area (Å²) < 4.78 is 0. The van der Waals surface area contributed by atoms with Crippen molar-refractivity contribution in [3.63, 3.8) is 0 Å². The molecule has 1 rings (SSSR count). The number of carboxylic acids is 1. The first kappa shape index (κ1) is 14.5. The summed E-state index contributed by atoms with van der Waals surface area (Å²) in [5.41, 5.74) is 0.587. The minimum atomic E-state index is -1.31. The van der Waals surface area contributed by atoms with Gasteiger partial charge in [0.05, 0.1) is 25.0 Å². The quantitative estimate of drug-likeness (QED) is 0.747. The smallest absolute Gasteiger partial charge is 0.307 e. The molecule has 0 radical (unpaired) electrons. The van der Waals surface area contributed by atoms with Crippen LogP contribution in [0.1, 0.15) is 23.7 Å². The van der Waals surface area contributed by atoms with Crippen molar-refractivity contribution in [1.29, 1.82) is 5.26 Å². The highest BCUT2D eigenvalue weighted by Crippen LogP contribution is 2.26. The number of aliphatic carboxylic acids is 1. The summed E-state index contributed by atoms with van der Waals surface area (Å²) in [6.07, 6.45) is -3.12. The average Bonchev–Trinajstić information content (AvgIpc) is 2.28. The predicted octanol–water partition coefficient (Wildman–Crippen LogP) is 1.28. The number of nitriles is 1. The second kappa shape index (κ2) is 6.36. The zero-order valence-electron chi connectivity index (χ0n) is 9.38. The molecule has 6 heteroatoms. The van der Waals surface area contributed by atoms with E-state index in [1.807, 2.05) is 0 Å². The Morgan fingerprint density at radius 3 is 2.67 bits per heavy atom. The van der Waals surface area contributed by atoms with Crippen molar-refractivity contribution < 1.29 is 20.1 Å². The van der Waals surface area contributed by atoms with Crippen molar-refractivity contribution in [1.82, 2.24) is 0 Å². The summed E-state index contributed by atoms with van der Waals surface area (Å²) in [4.78, 5) is 10.7. The van der Waals surface area contributed by atoms with Crippen LogP contribution in [0, 0.1) is 11.3 Å². The Balaban J connectivity index is 3.07. The molecule has 18 heavy (non-hydrogen) atoms. The molecule has 1 aromatic rings. The van der Waals surface area contributed by atoms with Gasteiger partial charge in [-0.1, -0.05) is 17.7 Å². The number of halogens is 1. The van der Waals surface area contributed by atoms with E-state index < -0.39 is 18.2 Å². The van der Waals surface area contributed by atoms with Crippen LogP contribution in [0.15, 0.2) is 18.2 Å². The average molecular weight is 270 g/mol. The Bertz CT molecular complexity index is 483. The van der Waals surface area contributed by atoms with E-state index >= 15 is 0 Å². The molecule has 1 aromatic carbocycles. The van der Waals surface area contributed by atoms with Gasteiger partial charge in [0.1, 0.15) is 6.10 Å². The number of carboxylic acid groups (broad SMARTS) is 1. The normalized spacial score (nSPS) is 13.7. The van der Waals surface area contributed by atoms with Crippen LogP contribution in [-0.4, -0.2) is 27.4 Å². The maximum Gasteiger partial charge on any atom is 0.307 e. The lowest BCUT2D eigenvalue weighted by molar-refractivity contribution is -0.136. The summed E-state index contributed by atoms with van der Waals surface area (Å²) >= 11 is 5.76. The first-order chi connectivity index (χ1) is 8.45. The van der Waals surface area contributed by atoms with E-state index in [-0.39, 0.29) is 18.4 Å². The molecule has 0 aliphatic carbocycles. The SMILES string of the molecule is N#CCC(O)C(O)c1ccc(Cl)cc1CC(=O)O. The molecule has 0 amide bonds. The van der Waals surface area contributed by atoms with Gasteiger partial charge >= 0.3 is 5.97 Å². The Hall–Kier alpha value is -1.61. The van der Waals surface area contributed by atoms with Crippen molar-refractivity contribution in [2.45, 2.75) is 25.0 Å². The molecule has 0 bridgehead atoms. The highest BCUT2D eigenvalue weighted by Gasteiger charge is 2.21. The topological polar surface area (TPSA) is 102 Å². The molecular formula is C12H12ClNO4. The fraction of sp³-hybridized carbons (Fsp3) is 0.333. The zero-order valence-corrected chi connectivity index (χ0v) is 10.1. The van der Waals surface area contributed by atoms with Gasteiger partial charge in [-0.3, -0.25) is 4.79 Å². The maximum absolute atomic E-state index is 10.7. The molecule has 0 spiro atoms. The lowest BCUT2D eigenvalue weighted by atomic mass is 9.95. The molecule has 0 saturated carbocycles. The Morgan fingerprint density at radius 2 is 2.11 bits per heavy atom. The van der Waals surface area contributed by atoms with E-state index in [2.05, 4.69) is 0 Å². The zero-order chi connectivity index (χ0) is 13.7. The second-order valence-electron chi connectivity index (χ2n) is 3.79. The molecule has 0 fully saturated rings. The summed E-state index contributed by atoms with van der Waals surface area (Å²) in [5, 5.41) is 37.0. The molecular weight excluding hydrogens is 258 g/mol. The lowest BCUT2D eigenvalue weighted by Gasteiger charge is -2.18. The molecule has 0 heterocycles. The van der Waals surface area contributed by atoms with Gasteiger partial charge in [-0.15, -0.1) is 0 Å². The van der Waals surface area contributed by atoms with Gasteiger partial charge in [0, 0.05) is 5.02 Å². The van der Waals surface area contributed by atoms with Crippen LogP contribution in [-0.2, 0) is 11.2 Å². The molecule has 5 nitrogen and oxygen atoms in total. The van der Waals surface area contributed by atoms with Gasteiger partial charge in [-0.25, -0.2) is 0 Å². The van der Waals surface area contributed by atoms with Crippen LogP contribution in [0.5, 0.6) is 0 Å². The fourth-order valence-electron chi connectivity index (χ4n) is 1.59. The number of carbonyl (C=O) groups is 1. The highest BCUT2D eigenvalue weighted by molar-refractivity contribution is 6.30. The van der Waals surface area contributed by atoms with Gasteiger partial charge in [-0.05, 0) is 23.3 Å². The molecule has 0 aliphatic rings. The molecule has 0 saturated heterocycles. The van der Waals surface area contributed by atoms with E-state index in [9.17, 15) is 15.0 Å². The molecule has 2 atom stereocenters. The fourth-order valence-corrected chi connectivity index (χ4v) is 1.79. The van der Waals surface area contributed by atoms with Crippen molar-refractivity contribution in [3.05, 3.63) is 34.3 Å². The first-order valence-electron chi connectivity index (χ1n) is 5.19. The second-order valence-corrected chi connectivity index (χ2v) is 4.22. The standard InChI is InChI=1S/C12H12ClNO4/c13-8-1-2-9(7(5-8)6-11(16)17)12(18)10(15)3-4-14/h1-2,5,10,12,15,18H,3,6H2,(H,16,17). The number of hydrogen-bond donors (Lipinski definition) is 3. The van der Waals surface area contributed by atoms with Crippen LogP contribution in [0.4, 0.5) is 0 Å². The number of aliphatic hydroxyl groups is 2. The van der Waals surface area contributed by atoms with Gasteiger partial charge in [0.25, 0.3) is 0 Å². The Labute approximate surface area is 109 Å². The van der Waals surface area contributed by atoms with Gasteiger partial charge in [-0.2, -0.15) is 5.26 Å². The highest BCUT2D eigenvalue weighted by atomic mass is 35.5. The minimum Gasteiger partial charge on any atom is -0.481 e. The first-order valence-corrected chi connectivity index (χ1v) is 5.56. The van der Waals surface area contributed by atoms with Gasteiger partial charge in [0.15, 0.2) is 0 Å². The van der Waals surface area contributed by atoms with Crippen molar-refractivity contribution in [3.8, 4) is 6.07 Å². The number of rotatable bonds is 5. The van der Waals surface area contributed by atoms with Gasteiger partial charge in [0.2, 0.25) is 0 Å². The van der Waals surface area contributed by atoms with Crippen LogP contribution in [0.25, 0.3) is 0 Å². The summed E-state index contributed by atoms with van der Waals surface area (Å²) in [5.74, 6) is -1.07. The third-order valence-electron chi connectivity index (χ3n) is 2.43. The monoisotopic (exact) mass is 269 g/mol. The Morgan fingerprint density at radius 1 is 1.44 bits per heavy atom. The van der Waals surface area contributed by atoms with E-state index in [4.69, 9.17) is 22.0 Å². The summed E-state index contributed by atoms with van der Waals surface area (Å²) in [6.45, 7) is 0. The van der Waals surface area contributed by atoms with Crippen molar-refractivity contribution in [2.24, 2.45) is 0 Å². The molecule has 0 aliphatic heterocycles. The number of aliphatic hydroxyl groups excluding tert-OH is 2. The maximum atomic E-state index is 10.7. The van der Waals surface area contributed by atoms with Crippen LogP contribution in [0.2, 0.25) is 5.02 Å². The molecule has 2 unspecified atom stereocenters. The number of benzene rings is 1. The van der Waals surface area contributed by atoms with Crippen molar-refractivity contribution >= 4 is 17.6 Å². The molecule has 3 N–H and O–H groups in total. The van der Waals surface area contributed by atoms with E-state index in [1.165, 1.54) is 18.2 Å². The van der Waals surface area contributed by atoms with E-state index in [1.54, 1.807) is 6.07 Å². The number of hydrogen-bond acceptors (Lipinski definition) is 4. The van der Waals surface area contributed by atoms with E-state index in [0.717, 1.165) is 0 Å². The predicted molar refractivity (Wildman–Crippen MR) is 64.0 cm³/mol. The lowest BCUT2D eigenvalue weighted by Crippen LogP contribution is -2.19. The van der Waals surface area contributed by atoms with E-state index in [0.29, 0.717) is 10.6 Å². The van der Waals surface area contributed by atoms with Gasteiger partial charge < -0.3 is 15.3 Å². The third-order valence-corrected chi connectivity index (χ3v) is 2.67. The molecule has 96 valence electrons. The van der Waals surface area contributed by atoms with Crippen LogP contribution < -0.4 is 0 Å². The minimum absolute atomic E-state index is 0.240. The largest absolute Gasteiger partial charge is 0.481 e. The van der Waals surface area contributed by atoms with Crippen LogP contribution >= 0.6 is 11.6 Å². The third kappa shape index (κ3) is 3.70. The van der Waals surface area contributed by atoms with Crippen molar-refractivity contribution in [2.75, 3.05) is 0 Å². The number of nitrogens with zero attached hydrogens (tertiary/aromatic N) is 1. The summed E-state index contributed by atoms with van der Waals surface area (Å²) in [6, 6.07) is 6.10. The summed E-state index contributed by atoms with van der Waals surface area (Å²) in [7, 11) is 0.